The van der Waals surface area contributed by atoms with E-state index in [0.717, 1.165) is 30.4 Å². The van der Waals surface area contributed by atoms with E-state index in [4.69, 9.17) is 0 Å². The number of halogens is 6. The highest BCUT2D eigenvalue weighted by molar-refractivity contribution is 6.08. The molecule has 2 amide bonds. The Hall–Kier alpha value is -3.08. The van der Waals surface area contributed by atoms with E-state index in [2.05, 4.69) is 5.32 Å². The van der Waals surface area contributed by atoms with Gasteiger partial charge in [0.15, 0.2) is 0 Å². The third-order valence-corrected chi connectivity index (χ3v) is 8.14. The number of nitrogens with zero attached hydrogens (tertiary/aromatic N) is 2. The fraction of sp³-hybridized carbons (Fsp3) is 0.500. The topological polar surface area (TPSA) is 52.6 Å². The van der Waals surface area contributed by atoms with Crippen molar-refractivity contribution < 1.29 is 35.9 Å². The number of amides is 2. The number of aryl methyl sites for hydroxylation is 2. The zero-order valence-corrected chi connectivity index (χ0v) is 22.1. The molecule has 1 N–H and O–H groups in total. The standard InChI is InChI=1S/C28H31F6N3O2/c1-16-7-5-8-17(2)23(16)37-15-26(18(3)24(37)38,14-36(4)22-9-6-10-22)25(39)35-21-12-19(27(29,30)31)11-20(13-21)28(32,33)34/h5,7-8,11-13,18,22H,6,9-10,14-15H2,1-4H3,(H,35,39)/t18?,26-/m1/s1. The SMILES string of the molecule is Cc1cccc(C)c1N1C[C@@](CN(C)C2CCC2)(C(=O)Nc2cc(C(F)(F)F)cc(C(F)(F)F)c2)C(C)C1=O. The van der Waals surface area contributed by atoms with Gasteiger partial charge in [-0.2, -0.15) is 26.3 Å². The van der Waals surface area contributed by atoms with Gasteiger partial charge in [0.05, 0.1) is 22.5 Å². The third-order valence-electron chi connectivity index (χ3n) is 8.14. The number of rotatable bonds is 6. The molecule has 0 radical (unpaired) electrons. The molecule has 0 spiro atoms. The average Bonchev–Trinajstić information content (AvgIpc) is 3.02. The molecular weight excluding hydrogens is 524 g/mol. The fourth-order valence-electron chi connectivity index (χ4n) is 5.60. The molecule has 5 nitrogen and oxygen atoms in total. The monoisotopic (exact) mass is 555 g/mol. The van der Waals surface area contributed by atoms with Crippen molar-refractivity contribution >= 4 is 23.2 Å². The van der Waals surface area contributed by atoms with Crippen LogP contribution in [0.3, 0.4) is 0 Å². The maximum absolute atomic E-state index is 13.9. The molecule has 2 fully saturated rings. The van der Waals surface area contributed by atoms with Crippen LogP contribution in [0.15, 0.2) is 36.4 Å². The van der Waals surface area contributed by atoms with Gasteiger partial charge in [-0.1, -0.05) is 31.5 Å². The molecule has 1 aliphatic carbocycles. The number of hydrogen-bond donors (Lipinski definition) is 1. The first-order valence-electron chi connectivity index (χ1n) is 12.7. The van der Waals surface area contributed by atoms with Gasteiger partial charge < -0.3 is 15.1 Å². The van der Waals surface area contributed by atoms with Crippen LogP contribution in [-0.4, -0.2) is 42.9 Å². The molecule has 1 heterocycles. The van der Waals surface area contributed by atoms with Crippen LogP contribution in [-0.2, 0) is 21.9 Å². The van der Waals surface area contributed by atoms with Crippen LogP contribution in [0.25, 0.3) is 0 Å². The number of nitrogens with one attached hydrogen (secondary N) is 1. The highest BCUT2D eigenvalue weighted by atomic mass is 19.4. The van der Waals surface area contributed by atoms with Crippen LogP contribution in [0.5, 0.6) is 0 Å². The van der Waals surface area contributed by atoms with E-state index in [0.29, 0.717) is 17.8 Å². The summed E-state index contributed by atoms with van der Waals surface area (Å²) in [5, 5.41) is 2.34. The first-order valence-corrected chi connectivity index (χ1v) is 12.7. The molecule has 1 unspecified atom stereocenters. The molecule has 2 atom stereocenters. The number of anilines is 2. The second-order valence-corrected chi connectivity index (χ2v) is 10.8. The molecule has 1 saturated heterocycles. The molecule has 11 heteroatoms. The number of alkyl halides is 6. The second-order valence-electron chi connectivity index (χ2n) is 10.8. The predicted molar refractivity (Wildman–Crippen MR) is 135 cm³/mol. The summed E-state index contributed by atoms with van der Waals surface area (Å²) in [5.41, 5.74) is -2.84. The van der Waals surface area contributed by atoms with Crippen molar-refractivity contribution in [3.05, 3.63) is 58.7 Å². The van der Waals surface area contributed by atoms with Crippen molar-refractivity contribution in [2.24, 2.45) is 11.3 Å². The van der Waals surface area contributed by atoms with E-state index in [1.165, 1.54) is 4.90 Å². The van der Waals surface area contributed by atoms with Crippen LogP contribution in [0, 0.1) is 25.2 Å². The van der Waals surface area contributed by atoms with Crippen molar-refractivity contribution in [1.82, 2.24) is 4.90 Å². The minimum atomic E-state index is -5.06. The molecule has 0 bridgehead atoms. The van der Waals surface area contributed by atoms with Gasteiger partial charge in [0.2, 0.25) is 11.8 Å². The molecule has 2 aliphatic rings. The minimum Gasteiger partial charge on any atom is -0.325 e. The number of benzene rings is 2. The maximum Gasteiger partial charge on any atom is 0.416 e. The Kier molecular flexibility index (Phi) is 7.52. The summed E-state index contributed by atoms with van der Waals surface area (Å²) in [6, 6.07) is 6.68. The first-order chi connectivity index (χ1) is 18.0. The van der Waals surface area contributed by atoms with Crippen molar-refractivity contribution in [3.63, 3.8) is 0 Å². The number of carbonyl (C=O) groups is 2. The smallest absolute Gasteiger partial charge is 0.325 e. The summed E-state index contributed by atoms with van der Waals surface area (Å²) in [6.07, 6.45) is -7.29. The van der Waals surface area contributed by atoms with E-state index in [9.17, 15) is 35.9 Å². The summed E-state index contributed by atoms with van der Waals surface area (Å²) >= 11 is 0. The second kappa shape index (κ2) is 10.1. The molecule has 1 saturated carbocycles. The van der Waals surface area contributed by atoms with Gasteiger partial charge >= 0.3 is 12.4 Å². The van der Waals surface area contributed by atoms with Gasteiger partial charge in [-0.3, -0.25) is 9.59 Å². The molecule has 0 aromatic heterocycles. The van der Waals surface area contributed by atoms with E-state index in [1.807, 2.05) is 44.0 Å². The normalized spacial score (nSPS) is 22.4. The molecule has 2 aromatic rings. The fourth-order valence-corrected chi connectivity index (χ4v) is 5.60. The highest BCUT2D eigenvalue weighted by Crippen LogP contribution is 2.44. The molecular formula is C28H31F6N3O2. The van der Waals surface area contributed by atoms with Crippen LogP contribution in [0.2, 0.25) is 0 Å². The lowest BCUT2D eigenvalue weighted by molar-refractivity contribution is -0.143. The average molecular weight is 556 g/mol. The molecule has 1 aliphatic heterocycles. The lowest BCUT2D eigenvalue weighted by atomic mass is 9.76. The maximum atomic E-state index is 13.9. The van der Waals surface area contributed by atoms with Crippen molar-refractivity contribution in [2.75, 3.05) is 30.4 Å². The number of carbonyl (C=O) groups excluding carboxylic acids is 2. The largest absolute Gasteiger partial charge is 0.416 e. The van der Waals surface area contributed by atoms with Crippen LogP contribution >= 0.6 is 0 Å². The molecule has 39 heavy (non-hydrogen) atoms. The Morgan fingerprint density at radius 2 is 1.56 bits per heavy atom. The quantitative estimate of drug-likeness (QED) is 0.418. The minimum absolute atomic E-state index is 0.0141. The Balaban J connectivity index is 1.76. The lowest BCUT2D eigenvalue weighted by Gasteiger charge is -2.41. The summed E-state index contributed by atoms with van der Waals surface area (Å²) < 4.78 is 80.7. The van der Waals surface area contributed by atoms with E-state index < -0.39 is 46.4 Å². The van der Waals surface area contributed by atoms with E-state index in [-0.39, 0.29) is 31.1 Å². The van der Waals surface area contributed by atoms with Crippen LogP contribution in [0.1, 0.15) is 48.4 Å². The summed E-state index contributed by atoms with van der Waals surface area (Å²) in [6.45, 7) is 5.32. The van der Waals surface area contributed by atoms with Gasteiger partial charge in [0.25, 0.3) is 0 Å². The number of para-hydroxylation sites is 1. The lowest BCUT2D eigenvalue weighted by Crippen LogP contribution is -2.53. The zero-order valence-electron chi connectivity index (χ0n) is 22.1. The molecule has 4 rings (SSSR count). The zero-order chi connectivity index (χ0) is 28.9. The van der Waals surface area contributed by atoms with Crippen molar-refractivity contribution in [2.45, 2.75) is 58.4 Å². The third kappa shape index (κ3) is 5.50. The Morgan fingerprint density at radius 1 is 1.03 bits per heavy atom. The highest BCUT2D eigenvalue weighted by Gasteiger charge is 2.56. The Bertz CT molecular complexity index is 1220. The summed E-state index contributed by atoms with van der Waals surface area (Å²) in [7, 11) is 1.82. The number of hydrogen-bond acceptors (Lipinski definition) is 3. The predicted octanol–water partition coefficient (Wildman–Crippen LogP) is 6.43. The Morgan fingerprint density at radius 3 is 2.03 bits per heavy atom. The van der Waals surface area contributed by atoms with E-state index in [1.54, 1.807) is 6.92 Å². The molecule has 2 aromatic carbocycles. The van der Waals surface area contributed by atoms with Gasteiger partial charge in [-0.15, -0.1) is 0 Å². The van der Waals surface area contributed by atoms with E-state index >= 15 is 0 Å². The van der Waals surface area contributed by atoms with Crippen molar-refractivity contribution in [3.8, 4) is 0 Å². The first kappa shape index (κ1) is 28.9. The van der Waals surface area contributed by atoms with Crippen molar-refractivity contribution in [1.29, 1.82) is 0 Å². The Labute approximate surface area is 223 Å². The van der Waals surface area contributed by atoms with Gasteiger partial charge in [0, 0.05) is 30.5 Å². The van der Waals surface area contributed by atoms with Gasteiger partial charge in [-0.05, 0) is 63.1 Å². The molecule has 212 valence electrons. The van der Waals surface area contributed by atoms with Gasteiger partial charge in [-0.25, -0.2) is 0 Å². The van der Waals surface area contributed by atoms with Gasteiger partial charge in [0.1, 0.15) is 0 Å². The van der Waals surface area contributed by atoms with Crippen LogP contribution < -0.4 is 10.2 Å². The summed E-state index contributed by atoms with van der Waals surface area (Å²) in [4.78, 5) is 31.1. The summed E-state index contributed by atoms with van der Waals surface area (Å²) in [5.74, 6) is -2.01. The van der Waals surface area contributed by atoms with Crippen LogP contribution in [0.4, 0.5) is 37.7 Å².